The van der Waals surface area contributed by atoms with E-state index in [4.69, 9.17) is 22.3 Å². The molecule has 0 aromatic heterocycles. The fourth-order valence-corrected chi connectivity index (χ4v) is 4.44. The number of amides is 2. The zero-order chi connectivity index (χ0) is 19.7. The fourth-order valence-electron chi connectivity index (χ4n) is 4.31. The molecule has 6 heteroatoms. The number of primary amides is 1. The molecule has 144 valence electrons. The molecule has 1 unspecified atom stereocenters. The van der Waals surface area contributed by atoms with E-state index in [1.54, 1.807) is 29.2 Å². The third-order valence-electron chi connectivity index (χ3n) is 5.60. The van der Waals surface area contributed by atoms with E-state index in [9.17, 15) is 9.59 Å². The van der Waals surface area contributed by atoms with Gasteiger partial charge in [-0.15, -0.1) is 0 Å². The first-order valence-corrected chi connectivity index (χ1v) is 9.93. The molecule has 1 fully saturated rings. The number of nitrogens with zero attached hydrogens (tertiary/aromatic N) is 2. The molecule has 5 nitrogen and oxygen atoms in total. The van der Waals surface area contributed by atoms with E-state index in [0.717, 1.165) is 37.7 Å². The van der Waals surface area contributed by atoms with Crippen LogP contribution in [0.2, 0.25) is 5.02 Å². The second-order valence-corrected chi connectivity index (χ2v) is 7.84. The molecule has 1 heterocycles. The van der Waals surface area contributed by atoms with E-state index in [1.807, 2.05) is 30.3 Å². The quantitative estimate of drug-likeness (QED) is 0.853. The molecular weight excluding hydrogens is 374 g/mol. The Balaban J connectivity index is 1.82. The van der Waals surface area contributed by atoms with Crippen molar-refractivity contribution in [1.82, 2.24) is 4.90 Å². The molecule has 2 amide bonds. The molecule has 2 aliphatic rings. The summed E-state index contributed by atoms with van der Waals surface area (Å²) in [5, 5.41) is 0.563. The molecule has 1 aliphatic carbocycles. The van der Waals surface area contributed by atoms with Gasteiger partial charge in [0.2, 0.25) is 5.91 Å². The summed E-state index contributed by atoms with van der Waals surface area (Å²) >= 11 is 6.01. The SMILES string of the molecule is NC(=O)C(c1ccc(Cl)cc1)N1C(=O)C(c2ccccc2)=NC12CCCCC2. The summed E-state index contributed by atoms with van der Waals surface area (Å²) in [5.74, 6) is -0.808. The third kappa shape index (κ3) is 3.20. The predicted octanol–water partition coefficient (Wildman–Crippen LogP) is 3.86. The molecule has 1 spiro atoms. The Labute approximate surface area is 169 Å². The Kier molecular flexibility index (Phi) is 4.94. The van der Waals surface area contributed by atoms with Gasteiger partial charge < -0.3 is 5.73 Å². The van der Waals surface area contributed by atoms with Crippen molar-refractivity contribution in [1.29, 1.82) is 0 Å². The summed E-state index contributed by atoms with van der Waals surface area (Å²) < 4.78 is 0. The van der Waals surface area contributed by atoms with Crippen molar-refractivity contribution in [3.63, 3.8) is 0 Å². The number of nitrogens with two attached hydrogens (primary N) is 1. The van der Waals surface area contributed by atoms with Crippen LogP contribution in [0.4, 0.5) is 0 Å². The van der Waals surface area contributed by atoms with Crippen molar-refractivity contribution < 1.29 is 9.59 Å². The van der Waals surface area contributed by atoms with Crippen molar-refractivity contribution in [2.24, 2.45) is 10.7 Å². The Morgan fingerprint density at radius 3 is 2.29 bits per heavy atom. The molecule has 0 radical (unpaired) electrons. The summed E-state index contributed by atoms with van der Waals surface area (Å²) in [7, 11) is 0. The Hall–Kier alpha value is -2.66. The van der Waals surface area contributed by atoms with Crippen molar-refractivity contribution in [3.8, 4) is 0 Å². The van der Waals surface area contributed by atoms with Crippen LogP contribution in [0.15, 0.2) is 59.6 Å². The molecule has 0 saturated heterocycles. The van der Waals surface area contributed by atoms with Crippen LogP contribution >= 0.6 is 11.6 Å². The second kappa shape index (κ2) is 7.40. The number of aliphatic imine (C=N–C) groups is 1. The molecule has 28 heavy (non-hydrogen) atoms. The maximum Gasteiger partial charge on any atom is 0.275 e. The lowest BCUT2D eigenvalue weighted by atomic mass is 9.86. The second-order valence-electron chi connectivity index (χ2n) is 7.40. The molecule has 2 aromatic carbocycles. The number of hydrogen-bond acceptors (Lipinski definition) is 3. The van der Waals surface area contributed by atoms with Crippen LogP contribution in [0.5, 0.6) is 0 Å². The summed E-state index contributed by atoms with van der Waals surface area (Å²) in [4.78, 5) is 32.6. The average Bonchev–Trinajstić information content (AvgIpc) is 2.97. The van der Waals surface area contributed by atoms with E-state index >= 15 is 0 Å². The van der Waals surface area contributed by atoms with Gasteiger partial charge in [0.1, 0.15) is 17.4 Å². The molecular formula is C22H22ClN3O2. The minimum absolute atomic E-state index is 0.244. The summed E-state index contributed by atoms with van der Waals surface area (Å²) in [5.41, 5.74) is 6.90. The molecule has 2 aromatic rings. The van der Waals surface area contributed by atoms with E-state index < -0.39 is 17.6 Å². The summed E-state index contributed by atoms with van der Waals surface area (Å²) in [6.45, 7) is 0. The monoisotopic (exact) mass is 395 g/mol. The van der Waals surface area contributed by atoms with Crippen LogP contribution in [0.25, 0.3) is 0 Å². The van der Waals surface area contributed by atoms with Crippen LogP contribution in [0, 0.1) is 0 Å². The highest BCUT2D eigenvalue weighted by Gasteiger charge is 2.52. The van der Waals surface area contributed by atoms with Crippen molar-refractivity contribution in [3.05, 3.63) is 70.7 Å². The highest BCUT2D eigenvalue weighted by molar-refractivity contribution is 6.47. The third-order valence-corrected chi connectivity index (χ3v) is 5.86. The van der Waals surface area contributed by atoms with Gasteiger partial charge in [-0.25, -0.2) is 0 Å². The standard InChI is InChI=1S/C22H22ClN3O2/c23-17-11-9-16(10-12-17)19(20(24)27)26-21(28)18(15-7-3-1-4-8-15)25-22(26)13-5-2-6-14-22/h1,3-4,7-12,19H,2,5-6,13-14H2,(H2,24,27). The molecule has 1 saturated carbocycles. The van der Waals surface area contributed by atoms with Crippen LogP contribution in [0.3, 0.4) is 0 Å². The maximum absolute atomic E-state index is 13.5. The number of rotatable bonds is 4. The van der Waals surface area contributed by atoms with E-state index in [0.29, 0.717) is 16.3 Å². The highest BCUT2D eigenvalue weighted by Crippen LogP contribution is 2.44. The first-order chi connectivity index (χ1) is 13.5. The van der Waals surface area contributed by atoms with Gasteiger partial charge in [-0.3, -0.25) is 19.5 Å². The van der Waals surface area contributed by atoms with Gasteiger partial charge in [-0.2, -0.15) is 0 Å². The lowest BCUT2D eigenvalue weighted by Crippen LogP contribution is -2.53. The smallest absolute Gasteiger partial charge is 0.275 e. The Morgan fingerprint density at radius 1 is 1.04 bits per heavy atom. The van der Waals surface area contributed by atoms with Crippen LogP contribution in [-0.4, -0.2) is 28.1 Å². The highest BCUT2D eigenvalue weighted by atomic mass is 35.5. The average molecular weight is 396 g/mol. The van der Waals surface area contributed by atoms with Gasteiger partial charge in [-0.05, 0) is 43.4 Å². The Bertz CT molecular complexity index is 919. The zero-order valence-electron chi connectivity index (χ0n) is 15.5. The lowest BCUT2D eigenvalue weighted by molar-refractivity contribution is -0.141. The normalized spacial score (nSPS) is 19.5. The predicted molar refractivity (Wildman–Crippen MR) is 109 cm³/mol. The molecule has 0 bridgehead atoms. The van der Waals surface area contributed by atoms with Crippen molar-refractivity contribution >= 4 is 29.1 Å². The number of halogens is 1. The van der Waals surface area contributed by atoms with Gasteiger partial charge in [0.15, 0.2) is 0 Å². The van der Waals surface area contributed by atoms with Gasteiger partial charge in [0.25, 0.3) is 5.91 Å². The number of carbonyl (C=O) groups is 2. The van der Waals surface area contributed by atoms with E-state index in [1.165, 1.54) is 0 Å². The molecule has 1 atom stereocenters. The van der Waals surface area contributed by atoms with Gasteiger partial charge in [-0.1, -0.05) is 60.5 Å². The van der Waals surface area contributed by atoms with Crippen LogP contribution < -0.4 is 5.73 Å². The first kappa shape index (κ1) is 18.7. The first-order valence-electron chi connectivity index (χ1n) is 9.56. The molecule has 1 aliphatic heterocycles. The molecule has 2 N–H and O–H groups in total. The fraction of sp³-hybridized carbons (Fsp3) is 0.318. The molecule has 4 rings (SSSR count). The van der Waals surface area contributed by atoms with Crippen LogP contribution in [0.1, 0.15) is 49.3 Å². The van der Waals surface area contributed by atoms with Crippen molar-refractivity contribution in [2.45, 2.75) is 43.8 Å². The largest absolute Gasteiger partial charge is 0.368 e. The van der Waals surface area contributed by atoms with Gasteiger partial charge >= 0.3 is 0 Å². The summed E-state index contributed by atoms with van der Waals surface area (Å²) in [6, 6.07) is 15.4. The van der Waals surface area contributed by atoms with Gasteiger partial charge in [0, 0.05) is 10.6 Å². The van der Waals surface area contributed by atoms with E-state index in [-0.39, 0.29) is 5.91 Å². The summed E-state index contributed by atoms with van der Waals surface area (Å²) in [6.07, 6.45) is 4.48. The number of carbonyl (C=O) groups excluding carboxylic acids is 2. The minimum atomic E-state index is -0.882. The van der Waals surface area contributed by atoms with Crippen molar-refractivity contribution in [2.75, 3.05) is 0 Å². The topological polar surface area (TPSA) is 75.8 Å². The Morgan fingerprint density at radius 2 is 1.68 bits per heavy atom. The minimum Gasteiger partial charge on any atom is -0.368 e. The number of hydrogen-bond donors (Lipinski definition) is 1. The lowest BCUT2D eigenvalue weighted by Gasteiger charge is -2.42. The van der Waals surface area contributed by atoms with E-state index in [2.05, 4.69) is 0 Å². The van der Waals surface area contributed by atoms with Crippen LogP contribution in [-0.2, 0) is 9.59 Å². The zero-order valence-corrected chi connectivity index (χ0v) is 16.2. The number of benzene rings is 2. The van der Waals surface area contributed by atoms with Gasteiger partial charge in [0.05, 0.1) is 0 Å². The maximum atomic E-state index is 13.5.